The molecule has 0 radical (unpaired) electrons. The Morgan fingerprint density at radius 1 is 1.19 bits per heavy atom. The quantitative estimate of drug-likeness (QED) is 0.682. The summed E-state index contributed by atoms with van der Waals surface area (Å²) in [6.07, 6.45) is 3.63. The van der Waals surface area contributed by atoms with Crippen molar-refractivity contribution in [1.82, 2.24) is 10.2 Å². The van der Waals surface area contributed by atoms with Gasteiger partial charge in [0, 0.05) is 28.2 Å². The number of hydrogen-bond donors (Lipinski definition) is 2. The summed E-state index contributed by atoms with van der Waals surface area (Å²) >= 11 is 11.9. The van der Waals surface area contributed by atoms with Crippen LogP contribution in [0.3, 0.4) is 0 Å². The van der Waals surface area contributed by atoms with Crippen LogP contribution in [0.1, 0.15) is 39.5 Å². The van der Waals surface area contributed by atoms with Crippen LogP contribution in [0.15, 0.2) is 18.2 Å². The Morgan fingerprint density at radius 3 is 2.38 bits per heavy atom. The Kier molecular flexibility index (Phi) is 8.19. The third-order valence-corrected chi connectivity index (χ3v) is 5.22. The summed E-state index contributed by atoms with van der Waals surface area (Å²) in [6, 6.07) is 4.69. The van der Waals surface area contributed by atoms with Gasteiger partial charge in [-0.05, 0) is 57.5 Å². The van der Waals surface area contributed by atoms with Crippen LogP contribution >= 0.6 is 23.2 Å². The minimum atomic E-state index is -0.281. The van der Waals surface area contributed by atoms with E-state index >= 15 is 0 Å². The van der Waals surface area contributed by atoms with E-state index in [0.29, 0.717) is 15.7 Å². The van der Waals surface area contributed by atoms with Gasteiger partial charge in [-0.2, -0.15) is 0 Å². The fourth-order valence-corrected chi connectivity index (χ4v) is 3.65. The first-order valence-electron chi connectivity index (χ1n) is 9.19. The van der Waals surface area contributed by atoms with Crippen LogP contribution in [0.5, 0.6) is 0 Å². The third kappa shape index (κ3) is 6.15. The lowest BCUT2D eigenvalue weighted by atomic mass is 9.95. The zero-order valence-electron chi connectivity index (χ0n) is 15.4. The van der Waals surface area contributed by atoms with Gasteiger partial charge in [0.05, 0.1) is 6.04 Å². The van der Waals surface area contributed by atoms with E-state index in [1.165, 1.54) is 0 Å². The van der Waals surface area contributed by atoms with E-state index in [-0.39, 0.29) is 23.8 Å². The highest BCUT2D eigenvalue weighted by Crippen LogP contribution is 2.24. The molecule has 2 N–H and O–H groups in total. The van der Waals surface area contributed by atoms with Gasteiger partial charge < -0.3 is 10.6 Å². The molecule has 1 saturated heterocycles. The average Bonchev–Trinajstić information content (AvgIpc) is 2.60. The number of carbonyl (C=O) groups excluding carboxylic acids is 2. The predicted octanol–water partition coefficient (Wildman–Crippen LogP) is 3.95. The maximum Gasteiger partial charge on any atom is 0.241 e. The molecule has 1 aliphatic rings. The van der Waals surface area contributed by atoms with E-state index in [9.17, 15) is 9.59 Å². The number of hydrogen-bond acceptors (Lipinski definition) is 3. The van der Waals surface area contributed by atoms with Crippen LogP contribution in [-0.4, -0.2) is 42.4 Å². The summed E-state index contributed by atoms with van der Waals surface area (Å²) in [6.45, 7) is 6.20. The number of anilines is 1. The number of carbonyl (C=O) groups is 2. The molecule has 0 unspecified atom stereocenters. The molecule has 1 aromatic rings. The first-order chi connectivity index (χ1) is 12.4. The molecule has 1 aromatic carbocycles. The van der Waals surface area contributed by atoms with Crippen molar-refractivity contribution in [2.75, 3.05) is 25.0 Å². The van der Waals surface area contributed by atoms with Gasteiger partial charge in [-0.3, -0.25) is 14.5 Å². The fraction of sp³-hybridized carbons (Fsp3) is 0.579. The molecule has 0 aromatic heterocycles. The van der Waals surface area contributed by atoms with Crippen LogP contribution in [0.4, 0.5) is 5.69 Å². The van der Waals surface area contributed by atoms with Crippen LogP contribution in [0.25, 0.3) is 0 Å². The topological polar surface area (TPSA) is 61.4 Å². The standard InChI is InChI=1S/C19H27Cl2N3O2/c1-3-4-7-22-19(26)14-5-8-24(9-6-14)13(2)18(25)23-17-11-15(20)10-16(21)12-17/h10-14H,3-9H2,1-2H3,(H,22,26)(H,23,25)/t13-/m0/s1. The lowest BCUT2D eigenvalue weighted by molar-refractivity contribution is -0.127. The molecule has 5 nitrogen and oxygen atoms in total. The zero-order valence-corrected chi connectivity index (χ0v) is 16.9. The van der Waals surface area contributed by atoms with Gasteiger partial charge in [0.1, 0.15) is 0 Å². The minimum Gasteiger partial charge on any atom is -0.356 e. The van der Waals surface area contributed by atoms with Crippen molar-refractivity contribution < 1.29 is 9.59 Å². The molecular formula is C19H27Cl2N3O2. The molecule has 0 aliphatic carbocycles. The number of nitrogens with zero attached hydrogens (tertiary/aromatic N) is 1. The number of unbranched alkanes of at least 4 members (excludes halogenated alkanes) is 1. The molecule has 1 fully saturated rings. The Bertz CT molecular complexity index is 611. The second kappa shape index (κ2) is 10.1. The van der Waals surface area contributed by atoms with Gasteiger partial charge >= 0.3 is 0 Å². The van der Waals surface area contributed by atoms with Crippen molar-refractivity contribution in [3.05, 3.63) is 28.2 Å². The molecule has 1 aliphatic heterocycles. The molecule has 144 valence electrons. The van der Waals surface area contributed by atoms with Crippen molar-refractivity contribution in [2.24, 2.45) is 5.92 Å². The van der Waals surface area contributed by atoms with Crippen molar-refractivity contribution in [3.63, 3.8) is 0 Å². The van der Waals surface area contributed by atoms with Crippen molar-refractivity contribution in [3.8, 4) is 0 Å². The monoisotopic (exact) mass is 399 g/mol. The maximum absolute atomic E-state index is 12.5. The summed E-state index contributed by atoms with van der Waals surface area (Å²) < 4.78 is 0. The van der Waals surface area contributed by atoms with E-state index in [1.54, 1.807) is 18.2 Å². The number of piperidine rings is 1. The number of halogens is 2. The maximum atomic E-state index is 12.5. The molecule has 0 saturated carbocycles. The van der Waals surface area contributed by atoms with Crippen molar-refractivity contribution in [2.45, 2.75) is 45.6 Å². The molecular weight excluding hydrogens is 373 g/mol. The van der Waals surface area contributed by atoms with E-state index in [1.807, 2.05) is 6.92 Å². The van der Waals surface area contributed by atoms with E-state index in [4.69, 9.17) is 23.2 Å². The smallest absolute Gasteiger partial charge is 0.241 e. The number of benzene rings is 1. The molecule has 0 spiro atoms. The van der Waals surface area contributed by atoms with Crippen molar-refractivity contribution in [1.29, 1.82) is 0 Å². The summed E-state index contributed by atoms with van der Waals surface area (Å²) in [7, 11) is 0. The van der Waals surface area contributed by atoms with Crippen LogP contribution < -0.4 is 10.6 Å². The first kappa shape index (κ1) is 21.0. The highest BCUT2D eigenvalue weighted by atomic mass is 35.5. The number of amides is 2. The third-order valence-electron chi connectivity index (χ3n) is 4.79. The summed E-state index contributed by atoms with van der Waals surface area (Å²) in [5.41, 5.74) is 0.588. The lowest BCUT2D eigenvalue weighted by Crippen LogP contribution is -2.48. The van der Waals surface area contributed by atoms with Gasteiger partial charge in [0.25, 0.3) is 0 Å². The highest BCUT2D eigenvalue weighted by Gasteiger charge is 2.29. The molecule has 2 amide bonds. The largest absolute Gasteiger partial charge is 0.356 e. The Balaban J connectivity index is 1.82. The first-order valence-corrected chi connectivity index (χ1v) is 9.95. The highest BCUT2D eigenvalue weighted by molar-refractivity contribution is 6.35. The SMILES string of the molecule is CCCCNC(=O)C1CCN([C@@H](C)C(=O)Nc2cc(Cl)cc(Cl)c2)CC1. The van der Waals surface area contributed by atoms with Gasteiger partial charge in [-0.15, -0.1) is 0 Å². The van der Waals surface area contributed by atoms with Gasteiger partial charge in [0.15, 0.2) is 0 Å². The van der Waals surface area contributed by atoms with Crippen LogP contribution in [0.2, 0.25) is 10.0 Å². The minimum absolute atomic E-state index is 0.0464. The molecule has 2 rings (SSSR count). The Labute approximate surface area is 165 Å². The number of rotatable bonds is 7. The van der Waals surface area contributed by atoms with Crippen LogP contribution in [0, 0.1) is 5.92 Å². The molecule has 7 heteroatoms. The second-order valence-corrected chi connectivity index (χ2v) is 7.65. The fourth-order valence-electron chi connectivity index (χ4n) is 3.12. The van der Waals surface area contributed by atoms with E-state index in [0.717, 1.165) is 45.3 Å². The summed E-state index contributed by atoms with van der Waals surface area (Å²) in [5.74, 6) is 0.0862. The second-order valence-electron chi connectivity index (χ2n) is 6.78. The molecule has 1 heterocycles. The van der Waals surface area contributed by atoms with Gasteiger partial charge in [-0.25, -0.2) is 0 Å². The molecule has 0 bridgehead atoms. The molecule has 26 heavy (non-hydrogen) atoms. The number of nitrogens with one attached hydrogen (secondary N) is 2. The van der Waals surface area contributed by atoms with Crippen molar-refractivity contribution >= 4 is 40.7 Å². The van der Waals surface area contributed by atoms with Gasteiger partial charge in [-0.1, -0.05) is 36.5 Å². The average molecular weight is 400 g/mol. The summed E-state index contributed by atoms with van der Waals surface area (Å²) in [5, 5.41) is 6.83. The Hall–Kier alpha value is -1.30. The normalized spacial score (nSPS) is 16.9. The van der Waals surface area contributed by atoms with E-state index in [2.05, 4.69) is 22.5 Å². The zero-order chi connectivity index (χ0) is 19.1. The lowest BCUT2D eigenvalue weighted by Gasteiger charge is -2.34. The Morgan fingerprint density at radius 2 is 1.81 bits per heavy atom. The predicted molar refractivity (Wildman–Crippen MR) is 107 cm³/mol. The van der Waals surface area contributed by atoms with E-state index < -0.39 is 0 Å². The molecule has 1 atom stereocenters. The summed E-state index contributed by atoms with van der Waals surface area (Å²) in [4.78, 5) is 26.8. The van der Waals surface area contributed by atoms with Crippen LogP contribution in [-0.2, 0) is 9.59 Å². The van der Waals surface area contributed by atoms with Gasteiger partial charge in [0.2, 0.25) is 11.8 Å². The number of likely N-dealkylation sites (tertiary alicyclic amines) is 1.